The van der Waals surface area contributed by atoms with Crippen molar-refractivity contribution in [2.45, 2.75) is 13.3 Å². The summed E-state index contributed by atoms with van der Waals surface area (Å²) >= 11 is 1.06. The third-order valence-corrected chi connectivity index (χ3v) is 3.11. The Balaban J connectivity index is 2.09. The molecule has 0 fully saturated rings. The largest absolute Gasteiger partial charge is 0.412 e. The molecule has 0 amide bonds. The molecule has 0 saturated heterocycles. The molecule has 0 atom stereocenters. The number of carbonyl (C=O) groups is 1. The lowest BCUT2D eigenvalue weighted by Gasteiger charge is -2.02. The minimum atomic E-state index is -0.463. The number of esters is 1. The Hall–Kier alpha value is -1.68. The van der Waals surface area contributed by atoms with Crippen molar-refractivity contribution in [1.82, 2.24) is 0 Å². The van der Waals surface area contributed by atoms with Gasteiger partial charge in [-0.1, -0.05) is 19.1 Å². The monoisotopic (exact) mass is 250 g/mol. The fourth-order valence-electron chi connectivity index (χ4n) is 1.38. The fourth-order valence-corrected chi connectivity index (χ4v) is 1.98. The standard InChI is InChI=1S/C13H11FO2S/c1-2-9-3-5-10(6-4-9)13(15)16-12-7-11(14)8-17-12/h3-8H,2H2,1H3. The van der Waals surface area contributed by atoms with Crippen molar-refractivity contribution in [2.75, 3.05) is 0 Å². The van der Waals surface area contributed by atoms with Gasteiger partial charge >= 0.3 is 5.97 Å². The van der Waals surface area contributed by atoms with Crippen molar-refractivity contribution in [3.8, 4) is 5.06 Å². The second-order valence-corrected chi connectivity index (χ2v) is 4.40. The normalized spacial score (nSPS) is 10.2. The predicted molar refractivity (Wildman–Crippen MR) is 65.1 cm³/mol. The Bertz CT molecular complexity index is 516. The first kappa shape index (κ1) is 11.8. The van der Waals surface area contributed by atoms with Gasteiger partial charge in [-0.25, -0.2) is 9.18 Å². The van der Waals surface area contributed by atoms with Crippen LogP contribution in [-0.2, 0) is 6.42 Å². The average Bonchev–Trinajstić information content (AvgIpc) is 2.75. The SMILES string of the molecule is CCc1ccc(C(=O)Oc2cc(F)cs2)cc1. The molecule has 2 aromatic rings. The fraction of sp³-hybridized carbons (Fsp3) is 0.154. The van der Waals surface area contributed by atoms with E-state index in [0.717, 1.165) is 23.3 Å². The Morgan fingerprint density at radius 1 is 1.35 bits per heavy atom. The number of halogens is 1. The van der Waals surface area contributed by atoms with Crippen LogP contribution in [0.5, 0.6) is 5.06 Å². The van der Waals surface area contributed by atoms with Gasteiger partial charge in [-0.3, -0.25) is 0 Å². The van der Waals surface area contributed by atoms with Crippen molar-refractivity contribution < 1.29 is 13.9 Å². The van der Waals surface area contributed by atoms with Crippen molar-refractivity contribution in [3.05, 3.63) is 52.7 Å². The first-order chi connectivity index (χ1) is 8.19. The smallest absolute Gasteiger partial charge is 0.344 e. The summed E-state index contributed by atoms with van der Waals surface area (Å²) in [5.41, 5.74) is 1.62. The van der Waals surface area contributed by atoms with Gasteiger partial charge in [0.25, 0.3) is 0 Å². The van der Waals surface area contributed by atoms with E-state index in [9.17, 15) is 9.18 Å². The molecule has 2 nitrogen and oxygen atoms in total. The molecule has 0 aliphatic heterocycles. The molecule has 0 radical (unpaired) electrons. The molecule has 0 aliphatic carbocycles. The molecule has 0 spiro atoms. The minimum Gasteiger partial charge on any atom is -0.412 e. The Labute approximate surface area is 103 Å². The molecule has 0 unspecified atom stereocenters. The van der Waals surface area contributed by atoms with Crippen LogP contribution in [0.1, 0.15) is 22.8 Å². The van der Waals surface area contributed by atoms with E-state index in [-0.39, 0.29) is 10.9 Å². The highest BCUT2D eigenvalue weighted by atomic mass is 32.1. The summed E-state index contributed by atoms with van der Waals surface area (Å²) in [6.07, 6.45) is 0.922. The zero-order chi connectivity index (χ0) is 12.3. The van der Waals surface area contributed by atoms with Crippen molar-refractivity contribution in [1.29, 1.82) is 0 Å². The number of rotatable bonds is 3. The van der Waals surface area contributed by atoms with Crippen LogP contribution in [0.3, 0.4) is 0 Å². The zero-order valence-electron chi connectivity index (χ0n) is 9.27. The molecule has 0 saturated carbocycles. The number of thiophene rings is 1. The van der Waals surface area contributed by atoms with Crippen LogP contribution >= 0.6 is 11.3 Å². The molecule has 0 bridgehead atoms. The summed E-state index contributed by atoms with van der Waals surface area (Å²) in [6, 6.07) is 8.39. The second kappa shape index (κ2) is 5.10. The van der Waals surface area contributed by atoms with Gasteiger partial charge in [0.05, 0.1) is 5.56 Å². The van der Waals surface area contributed by atoms with Gasteiger partial charge in [0.2, 0.25) is 0 Å². The van der Waals surface area contributed by atoms with Crippen LogP contribution in [0.25, 0.3) is 0 Å². The summed E-state index contributed by atoms with van der Waals surface area (Å²) in [5, 5.41) is 1.56. The zero-order valence-corrected chi connectivity index (χ0v) is 10.1. The van der Waals surface area contributed by atoms with E-state index in [1.54, 1.807) is 12.1 Å². The lowest BCUT2D eigenvalue weighted by Crippen LogP contribution is -2.07. The van der Waals surface area contributed by atoms with Crippen molar-refractivity contribution >= 4 is 17.3 Å². The average molecular weight is 250 g/mol. The predicted octanol–water partition coefficient (Wildman–Crippen LogP) is 3.67. The molecular weight excluding hydrogens is 239 g/mol. The van der Waals surface area contributed by atoms with E-state index in [1.807, 2.05) is 19.1 Å². The molecule has 1 aromatic heterocycles. The lowest BCUT2D eigenvalue weighted by atomic mass is 10.1. The van der Waals surface area contributed by atoms with E-state index in [0.29, 0.717) is 5.56 Å². The van der Waals surface area contributed by atoms with Crippen LogP contribution in [0.15, 0.2) is 35.7 Å². The first-order valence-corrected chi connectivity index (χ1v) is 6.12. The first-order valence-electron chi connectivity index (χ1n) is 5.24. The van der Waals surface area contributed by atoms with E-state index >= 15 is 0 Å². The number of aryl methyl sites for hydroxylation is 1. The van der Waals surface area contributed by atoms with Gasteiger partial charge in [-0.05, 0) is 24.1 Å². The van der Waals surface area contributed by atoms with Gasteiger partial charge in [0.15, 0.2) is 5.06 Å². The number of hydrogen-bond donors (Lipinski definition) is 0. The third-order valence-electron chi connectivity index (χ3n) is 2.33. The molecule has 4 heteroatoms. The molecule has 17 heavy (non-hydrogen) atoms. The lowest BCUT2D eigenvalue weighted by molar-refractivity contribution is 0.0740. The van der Waals surface area contributed by atoms with Gasteiger partial charge in [-0.15, -0.1) is 11.3 Å². The quantitative estimate of drug-likeness (QED) is 0.777. The second-order valence-electron chi connectivity index (χ2n) is 3.52. The summed E-state index contributed by atoms with van der Waals surface area (Å²) in [7, 11) is 0. The number of benzene rings is 1. The summed E-state index contributed by atoms with van der Waals surface area (Å²) in [5.74, 6) is -0.853. The Kier molecular flexibility index (Phi) is 3.54. The maximum Gasteiger partial charge on any atom is 0.344 e. The van der Waals surface area contributed by atoms with E-state index in [2.05, 4.69) is 0 Å². The van der Waals surface area contributed by atoms with Crippen molar-refractivity contribution in [3.63, 3.8) is 0 Å². The van der Waals surface area contributed by atoms with E-state index in [1.165, 1.54) is 11.4 Å². The number of hydrogen-bond acceptors (Lipinski definition) is 3. The summed E-state index contributed by atoms with van der Waals surface area (Å²) < 4.78 is 17.7. The number of carbonyl (C=O) groups excluding carboxylic acids is 1. The molecule has 0 N–H and O–H groups in total. The maximum absolute atomic E-state index is 12.7. The summed E-state index contributed by atoms with van der Waals surface area (Å²) in [4.78, 5) is 11.7. The van der Waals surface area contributed by atoms with Crippen LogP contribution in [0.2, 0.25) is 0 Å². The topological polar surface area (TPSA) is 26.3 Å². The van der Waals surface area contributed by atoms with Crippen LogP contribution < -0.4 is 4.74 Å². The van der Waals surface area contributed by atoms with Gasteiger partial charge in [-0.2, -0.15) is 0 Å². The highest BCUT2D eigenvalue weighted by molar-refractivity contribution is 7.11. The third kappa shape index (κ3) is 2.91. The van der Waals surface area contributed by atoms with Crippen LogP contribution in [0, 0.1) is 5.82 Å². The van der Waals surface area contributed by atoms with Crippen LogP contribution in [-0.4, -0.2) is 5.97 Å². The van der Waals surface area contributed by atoms with Crippen LogP contribution in [0.4, 0.5) is 4.39 Å². The van der Waals surface area contributed by atoms with Gasteiger partial charge < -0.3 is 4.74 Å². The molecule has 1 aromatic carbocycles. The molecule has 1 heterocycles. The van der Waals surface area contributed by atoms with E-state index < -0.39 is 5.97 Å². The van der Waals surface area contributed by atoms with E-state index in [4.69, 9.17) is 4.74 Å². The molecular formula is C13H11FO2S. The molecule has 0 aliphatic rings. The number of ether oxygens (including phenoxy) is 1. The van der Waals surface area contributed by atoms with Crippen molar-refractivity contribution in [2.24, 2.45) is 0 Å². The highest BCUT2D eigenvalue weighted by Gasteiger charge is 2.10. The molecule has 2 rings (SSSR count). The highest BCUT2D eigenvalue weighted by Crippen LogP contribution is 2.22. The Morgan fingerprint density at radius 3 is 2.59 bits per heavy atom. The van der Waals surface area contributed by atoms with Gasteiger partial charge in [0.1, 0.15) is 5.82 Å². The summed E-state index contributed by atoms with van der Waals surface area (Å²) in [6.45, 7) is 2.04. The Morgan fingerprint density at radius 2 is 2.06 bits per heavy atom. The maximum atomic E-state index is 12.7. The molecule has 88 valence electrons. The minimum absolute atomic E-state index is 0.270. The van der Waals surface area contributed by atoms with Gasteiger partial charge in [0, 0.05) is 11.4 Å².